The van der Waals surface area contributed by atoms with Gasteiger partial charge in [0.05, 0.1) is 11.7 Å². The highest BCUT2D eigenvalue weighted by atomic mass is 19.1. The van der Waals surface area contributed by atoms with Gasteiger partial charge in [0.2, 0.25) is 0 Å². The summed E-state index contributed by atoms with van der Waals surface area (Å²) in [5.74, 6) is 4.57. The van der Waals surface area contributed by atoms with Crippen LogP contribution in [0.4, 0.5) is 13.6 Å². The largest absolute Gasteiger partial charge is 0.489 e. The Kier molecular flexibility index (Phi) is 5.47. The lowest BCUT2D eigenvalue weighted by Gasteiger charge is -2.57. The number of rotatable bonds is 3. The Hall–Kier alpha value is -3.14. The van der Waals surface area contributed by atoms with Gasteiger partial charge in [-0.05, 0) is 30.0 Å². The SMILES string of the molecule is CC(C)(C)[C@]1(COc2cncc(C#Cc3cc(F)cc(F)c3)c2)CCN1C(=O)O. The van der Waals surface area contributed by atoms with Crippen molar-refractivity contribution in [1.29, 1.82) is 0 Å². The Morgan fingerprint density at radius 1 is 1.17 bits per heavy atom. The molecule has 1 fully saturated rings. The Labute approximate surface area is 168 Å². The fourth-order valence-corrected chi connectivity index (χ4v) is 3.46. The minimum absolute atomic E-state index is 0.191. The van der Waals surface area contributed by atoms with Crippen molar-refractivity contribution in [3.63, 3.8) is 0 Å². The molecular formula is C22H22F2N2O3. The summed E-state index contributed by atoms with van der Waals surface area (Å²) in [4.78, 5) is 17.1. The summed E-state index contributed by atoms with van der Waals surface area (Å²) in [7, 11) is 0. The number of pyridine rings is 1. The predicted octanol–water partition coefficient (Wildman–Crippen LogP) is 4.31. The number of halogens is 2. The van der Waals surface area contributed by atoms with Crippen molar-refractivity contribution in [1.82, 2.24) is 9.88 Å². The maximum absolute atomic E-state index is 13.3. The molecule has 1 saturated heterocycles. The maximum atomic E-state index is 13.3. The number of hydrogen-bond donors (Lipinski definition) is 1. The number of benzene rings is 1. The number of aromatic nitrogens is 1. The van der Waals surface area contributed by atoms with Gasteiger partial charge in [-0.25, -0.2) is 13.6 Å². The molecule has 3 rings (SSSR count). The Morgan fingerprint density at radius 2 is 1.83 bits per heavy atom. The summed E-state index contributed by atoms with van der Waals surface area (Å²) in [5.41, 5.74) is -0.206. The molecule has 0 bridgehead atoms. The summed E-state index contributed by atoms with van der Waals surface area (Å²) >= 11 is 0. The van der Waals surface area contributed by atoms with E-state index in [1.54, 1.807) is 6.07 Å². The highest BCUT2D eigenvalue weighted by Gasteiger charge is 2.55. The van der Waals surface area contributed by atoms with Gasteiger partial charge in [0.25, 0.3) is 0 Å². The summed E-state index contributed by atoms with van der Waals surface area (Å²) in [5, 5.41) is 9.48. The molecule has 1 aliphatic rings. The van der Waals surface area contributed by atoms with Crippen LogP contribution in [0, 0.1) is 28.9 Å². The highest BCUT2D eigenvalue weighted by Crippen LogP contribution is 2.45. The molecule has 1 N–H and O–H groups in total. The Balaban J connectivity index is 1.77. The summed E-state index contributed by atoms with van der Waals surface area (Å²) in [6, 6.07) is 4.74. The highest BCUT2D eigenvalue weighted by molar-refractivity contribution is 5.68. The number of hydrogen-bond acceptors (Lipinski definition) is 3. The van der Waals surface area contributed by atoms with Crippen LogP contribution in [0.2, 0.25) is 0 Å². The van der Waals surface area contributed by atoms with E-state index >= 15 is 0 Å². The second-order valence-corrected chi connectivity index (χ2v) is 8.07. The number of likely N-dealkylation sites (tertiary alicyclic amines) is 1. The first-order chi connectivity index (χ1) is 13.6. The second-order valence-electron chi connectivity index (χ2n) is 8.07. The normalized spacial score (nSPS) is 18.4. The first-order valence-corrected chi connectivity index (χ1v) is 9.17. The molecule has 1 aromatic heterocycles. The van der Waals surface area contributed by atoms with Crippen LogP contribution in [0.15, 0.2) is 36.7 Å². The monoisotopic (exact) mass is 400 g/mol. The van der Waals surface area contributed by atoms with Gasteiger partial charge < -0.3 is 9.84 Å². The van der Waals surface area contributed by atoms with Gasteiger partial charge in [-0.2, -0.15) is 0 Å². The van der Waals surface area contributed by atoms with Crippen molar-refractivity contribution < 1.29 is 23.4 Å². The zero-order valence-corrected chi connectivity index (χ0v) is 16.5. The number of amides is 1. The lowest BCUT2D eigenvalue weighted by Crippen LogP contribution is -2.70. The Bertz CT molecular complexity index is 971. The molecule has 152 valence electrons. The van der Waals surface area contributed by atoms with Crippen LogP contribution in [0.5, 0.6) is 5.75 Å². The molecule has 2 aromatic rings. The zero-order chi connectivity index (χ0) is 21.2. The van der Waals surface area contributed by atoms with Crippen LogP contribution >= 0.6 is 0 Å². The predicted molar refractivity (Wildman–Crippen MR) is 104 cm³/mol. The Morgan fingerprint density at radius 3 is 2.38 bits per heavy atom. The summed E-state index contributed by atoms with van der Waals surface area (Å²) in [6.45, 7) is 6.64. The third-order valence-electron chi connectivity index (χ3n) is 5.30. The molecule has 0 aliphatic carbocycles. The van der Waals surface area contributed by atoms with E-state index in [2.05, 4.69) is 16.8 Å². The molecule has 7 heteroatoms. The first kappa shape index (κ1) is 20.6. The van der Waals surface area contributed by atoms with E-state index in [4.69, 9.17) is 4.74 Å². The van der Waals surface area contributed by atoms with Gasteiger partial charge in [0.15, 0.2) is 0 Å². The lowest BCUT2D eigenvalue weighted by atomic mass is 9.66. The molecule has 1 aliphatic heterocycles. The van der Waals surface area contributed by atoms with E-state index in [0.29, 0.717) is 24.3 Å². The minimum atomic E-state index is -0.963. The standard InChI is InChI=1S/C22H22F2N2O3/c1-21(2,3)22(6-7-26(22)20(27)28)14-29-19-10-16(12-25-13-19)5-4-15-8-17(23)11-18(24)9-15/h8-13H,6-7,14H2,1-3H3,(H,27,28)/t22-/m1/s1. The van der Waals surface area contributed by atoms with Crippen LogP contribution < -0.4 is 4.74 Å². The van der Waals surface area contributed by atoms with Crippen molar-refractivity contribution in [2.45, 2.75) is 32.7 Å². The van der Waals surface area contributed by atoms with E-state index in [-0.39, 0.29) is 17.6 Å². The van der Waals surface area contributed by atoms with Crippen LogP contribution in [-0.4, -0.2) is 39.8 Å². The van der Waals surface area contributed by atoms with E-state index in [1.807, 2.05) is 20.8 Å². The van der Waals surface area contributed by atoms with Gasteiger partial charge >= 0.3 is 6.09 Å². The first-order valence-electron chi connectivity index (χ1n) is 9.17. The molecule has 1 atom stereocenters. The van der Waals surface area contributed by atoms with E-state index in [9.17, 15) is 18.7 Å². The van der Waals surface area contributed by atoms with Crippen LogP contribution in [-0.2, 0) is 0 Å². The van der Waals surface area contributed by atoms with Crippen molar-refractivity contribution in [3.8, 4) is 17.6 Å². The number of carboxylic acid groups (broad SMARTS) is 1. The van der Waals surface area contributed by atoms with Gasteiger partial charge in [-0.1, -0.05) is 32.6 Å². The van der Waals surface area contributed by atoms with Gasteiger partial charge in [-0.3, -0.25) is 9.88 Å². The molecule has 0 spiro atoms. The third kappa shape index (κ3) is 4.32. The van der Waals surface area contributed by atoms with E-state index < -0.39 is 23.3 Å². The maximum Gasteiger partial charge on any atom is 0.407 e. The molecule has 1 amide bonds. The third-order valence-corrected chi connectivity index (χ3v) is 5.30. The molecule has 0 saturated carbocycles. The van der Waals surface area contributed by atoms with E-state index in [0.717, 1.165) is 18.2 Å². The number of nitrogens with zero attached hydrogens (tertiary/aromatic N) is 2. The summed E-state index contributed by atoms with van der Waals surface area (Å²) < 4.78 is 32.4. The number of ether oxygens (including phenoxy) is 1. The minimum Gasteiger partial charge on any atom is -0.489 e. The zero-order valence-electron chi connectivity index (χ0n) is 16.5. The van der Waals surface area contributed by atoms with E-state index in [1.165, 1.54) is 17.3 Å². The molecule has 0 radical (unpaired) electrons. The second kappa shape index (κ2) is 7.70. The van der Waals surface area contributed by atoms with Gasteiger partial charge in [0, 0.05) is 29.9 Å². The van der Waals surface area contributed by atoms with Crippen LogP contribution in [0.25, 0.3) is 0 Å². The summed E-state index contributed by atoms with van der Waals surface area (Å²) in [6.07, 6.45) is 2.78. The van der Waals surface area contributed by atoms with Gasteiger partial charge in [0.1, 0.15) is 24.0 Å². The van der Waals surface area contributed by atoms with Crippen LogP contribution in [0.3, 0.4) is 0 Å². The molecule has 29 heavy (non-hydrogen) atoms. The van der Waals surface area contributed by atoms with Crippen molar-refractivity contribution in [2.75, 3.05) is 13.2 Å². The fourth-order valence-electron chi connectivity index (χ4n) is 3.46. The average molecular weight is 400 g/mol. The number of carbonyl (C=O) groups is 1. The fraction of sp³-hybridized carbons (Fsp3) is 0.364. The molecule has 2 heterocycles. The molecular weight excluding hydrogens is 378 g/mol. The topological polar surface area (TPSA) is 62.7 Å². The van der Waals surface area contributed by atoms with Crippen molar-refractivity contribution >= 4 is 6.09 Å². The molecule has 0 unspecified atom stereocenters. The lowest BCUT2D eigenvalue weighted by molar-refractivity contribution is -0.0962. The van der Waals surface area contributed by atoms with Gasteiger partial charge in [-0.15, -0.1) is 0 Å². The molecule has 5 nitrogen and oxygen atoms in total. The van der Waals surface area contributed by atoms with Crippen molar-refractivity contribution in [2.24, 2.45) is 5.41 Å². The molecule has 1 aromatic carbocycles. The average Bonchev–Trinajstić information content (AvgIpc) is 2.57. The van der Waals surface area contributed by atoms with Crippen molar-refractivity contribution in [3.05, 3.63) is 59.4 Å². The van der Waals surface area contributed by atoms with Crippen LogP contribution in [0.1, 0.15) is 38.3 Å². The smallest absolute Gasteiger partial charge is 0.407 e. The quantitative estimate of drug-likeness (QED) is 0.780.